The number of halogens is 3. The van der Waals surface area contributed by atoms with Gasteiger partial charge in [-0.05, 0) is 55.8 Å². The van der Waals surface area contributed by atoms with Crippen molar-refractivity contribution in [2.45, 2.75) is 25.6 Å². The van der Waals surface area contributed by atoms with Crippen molar-refractivity contribution in [1.82, 2.24) is 19.9 Å². The Hall–Kier alpha value is -3.24. The number of aromatic nitrogens is 3. The molecule has 1 fully saturated rings. The Kier molecular flexibility index (Phi) is 5.63. The van der Waals surface area contributed by atoms with Crippen LogP contribution in [0.2, 0.25) is 0 Å². The second-order valence-corrected chi connectivity index (χ2v) is 8.83. The fourth-order valence-electron chi connectivity index (χ4n) is 4.12. The summed E-state index contributed by atoms with van der Waals surface area (Å²) < 4.78 is 41.5. The summed E-state index contributed by atoms with van der Waals surface area (Å²) in [6.07, 6.45) is -0.765. The number of amides is 1. The maximum atomic E-state index is 13.8. The molecular weight excluding hydrogens is 451 g/mol. The number of para-hydroxylation sites is 1. The Morgan fingerprint density at radius 3 is 2.73 bits per heavy atom. The lowest BCUT2D eigenvalue weighted by Crippen LogP contribution is -2.18. The van der Waals surface area contributed by atoms with Crippen molar-refractivity contribution in [2.75, 3.05) is 18.4 Å². The number of alkyl halides is 3. The van der Waals surface area contributed by atoms with E-state index in [0.29, 0.717) is 22.7 Å². The monoisotopic (exact) mass is 471 g/mol. The molecule has 0 bridgehead atoms. The molecule has 10 heteroatoms. The highest BCUT2D eigenvalue weighted by Crippen LogP contribution is 2.38. The van der Waals surface area contributed by atoms with E-state index in [0.717, 1.165) is 37.6 Å². The molecule has 1 saturated heterocycles. The number of likely N-dealkylation sites (tertiary alicyclic amines) is 1. The zero-order chi connectivity index (χ0) is 23.0. The fourth-order valence-corrected chi connectivity index (χ4v) is 4.65. The molecule has 170 valence electrons. The molecule has 6 nitrogen and oxygen atoms in total. The molecule has 2 aromatic carbocycles. The number of imidazole rings is 1. The lowest BCUT2D eigenvalue weighted by atomic mass is 10.0. The number of H-pyrrole nitrogens is 1. The summed E-state index contributed by atoms with van der Waals surface area (Å²) >= 11 is 1.27. The standard InChI is InChI=1S/C23H20F3N5OS/c24-23(25,26)17-7-6-14(13-31-9-1-2-10-31)12-16(17)20-28-18-5-3-4-15(19(18)29-20)21(32)30-22-27-8-11-33-22/h3-8,11-12H,1-2,9-10,13H2,(H,28,29)(H,27,30,32). The third-order valence-electron chi connectivity index (χ3n) is 5.66. The summed E-state index contributed by atoms with van der Waals surface area (Å²) in [6.45, 7) is 2.48. The van der Waals surface area contributed by atoms with Gasteiger partial charge < -0.3 is 4.98 Å². The first kappa shape index (κ1) is 21.6. The predicted octanol–water partition coefficient (Wildman–Crippen LogP) is 5.55. The molecule has 0 radical (unpaired) electrons. The van der Waals surface area contributed by atoms with Crippen molar-refractivity contribution >= 4 is 33.4 Å². The van der Waals surface area contributed by atoms with E-state index >= 15 is 0 Å². The summed E-state index contributed by atoms with van der Waals surface area (Å²) in [4.78, 5) is 26.4. The van der Waals surface area contributed by atoms with Crippen LogP contribution < -0.4 is 5.32 Å². The minimum absolute atomic E-state index is 0.0262. The van der Waals surface area contributed by atoms with E-state index in [1.807, 2.05) is 0 Å². The van der Waals surface area contributed by atoms with Gasteiger partial charge in [0.05, 0.1) is 16.6 Å². The van der Waals surface area contributed by atoms with Gasteiger partial charge in [0.1, 0.15) is 11.3 Å². The SMILES string of the molecule is O=C(Nc1nccs1)c1cccc2[nH]c(-c3cc(CN4CCCC4)ccc3C(F)(F)F)nc12. The summed E-state index contributed by atoms with van der Waals surface area (Å²) in [5.41, 5.74) is 1.05. The fraction of sp³-hybridized carbons (Fsp3) is 0.261. The quantitative estimate of drug-likeness (QED) is 0.400. The Morgan fingerprint density at radius 1 is 1.18 bits per heavy atom. The van der Waals surface area contributed by atoms with Crippen molar-refractivity contribution in [1.29, 1.82) is 0 Å². The molecule has 0 unspecified atom stereocenters. The number of nitrogens with zero attached hydrogens (tertiary/aromatic N) is 3. The number of benzene rings is 2. The van der Waals surface area contributed by atoms with Gasteiger partial charge in [0.25, 0.3) is 5.91 Å². The van der Waals surface area contributed by atoms with Crippen LogP contribution in [0.5, 0.6) is 0 Å². The van der Waals surface area contributed by atoms with E-state index in [2.05, 4.69) is 25.2 Å². The van der Waals surface area contributed by atoms with Crippen molar-refractivity contribution in [3.05, 3.63) is 64.7 Å². The van der Waals surface area contributed by atoms with Gasteiger partial charge in [-0.25, -0.2) is 9.97 Å². The summed E-state index contributed by atoms with van der Waals surface area (Å²) in [5, 5.41) is 4.86. The van der Waals surface area contributed by atoms with Gasteiger partial charge in [-0.3, -0.25) is 15.0 Å². The first-order valence-corrected chi connectivity index (χ1v) is 11.4. The number of carbonyl (C=O) groups is 1. The highest BCUT2D eigenvalue weighted by Gasteiger charge is 2.35. The molecule has 3 heterocycles. The Morgan fingerprint density at radius 2 is 2.00 bits per heavy atom. The third-order valence-corrected chi connectivity index (χ3v) is 6.35. The Balaban J connectivity index is 1.55. The average molecular weight is 472 g/mol. The maximum absolute atomic E-state index is 13.8. The van der Waals surface area contributed by atoms with Gasteiger partial charge in [0.2, 0.25) is 0 Å². The summed E-state index contributed by atoms with van der Waals surface area (Å²) in [7, 11) is 0. The maximum Gasteiger partial charge on any atom is 0.417 e. The van der Waals surface area contributed by atoms with Crippen LogP contribution in [-0.4, -0.2) is 38.8 Å². The molecule has 33 heavy (non-hydrogen) atoms. The van der Waals surface area contributed by atoms with Crippen LogP contribution in [0.1, 0.15) is 34.3 Å². The number of hydrogen-bond donors (Lipinski definition) is 2. The van der Waals surface area contributed by atoms with Gasteiger partial charge >= 0.3 is 6.18 Å². The first-order valence-electron chi connectivity index (χ1n) is 10.5. The van der Waals surface area contributed by atoms with Crippen LogP contribution in [0.4, 0.5) is 18.3 Å². The van der Waals surface area contributed by atoms with Crippen molar-refractivity contribution in [2.24, 2.45) is 0 Å². The number of hydrogen-bond acceptors (Lipinski definition) is 5. The van der Waals surface area contributed by atoms with E-state index in [4.69, 9.17) is 0 Å². The number of nitrogens with one attached hydrogen (secondary N) is 2. The van der Waals surface area contributed by atoms with Gasteiger partial charge in [0, 0.05) is 23.7 Å². The number of fused-ring (bicyclic) bond motifs is 1. The molecule has 2 N–H and O–H groups in total. The zero-order valence-electron chi connectivity index (χ0n) is 17.4. The van der Waals surface area contributed by atoms with Gasteiger partial charge in [-0.1, -0.05) is 12.1 Å². The largest absolute Gasteiger partial charge is 0.417 e. The number of thiazole rings is 1. The zero-order valence-corrected chi connectivity index (χ0v) is 18.3. The van der Waals surface area contributed by atoms with Crippen LogP contribution >= 0.6 is 11.3 Å². The second kappa shape index (κ2) is 8.60. The van der Waals surface area contributed by atoms with Crippen molar-refractivity contribution in [3.63, 3.8) is 0 Å². The smallest absolute Gasteiger partial charge is 0.338 e. The predicted molar refractivity (Wildman–Crippen MR) is 121 cm³/mol. The molecule has 4 aromatic rings. The Labute approximate surface area is 191 Å². The molecule has 1 aliphatic heterocycles. The van der Waals surface area contributed by atoms with E-state index < -0.39 is 17.6 Å². The number of carbonyl (C=O) groups excluding carboxylic acids is 1. The average Bonchev–Trinajstić information content (AvgIpc) is 3.54. The Bertz CT molecular complexity index is 1290. The molecule has 0 spiro atoms. The molecule has 1 amide bonds. The molecule has 0 aliphatic carbocycles. The first-order chi connectivity index (χ1) is 15.9. The summed E-state index contributed by atoms with van der Waals surface area (Å²) in [6, 6.07) is 9.13. The second-order valence-electron chi connectivity index (χ2n) is 7.94. The normalized spacial score (nSPS) is 14.8. The van der Waals surface area contributed by atoms with E-state index in [9.17, 15) is 18.0 Å². The van der Waals surface area contributed by atoms with E-state index in [-0.39, 0.29) is 17.0 Å². The van der Waals surface area contributed by atoms with Crippen LogP contribution in [0, 0.1) is 0 Å². The van der Waals surface area contributed by atoms with Crippen molar-refractivity contribution < 1.29 is 18.0 Å². The molecule has 1 aliphatic rings. The number of rotatable bonds is 5. The minimum atomic E-state index is -4.54. The third kappa shape index (κ3) is 4.49. The lowest BCUT2D eigenvalue weighted by Gasteiger charge is -2.17. The topological polar surface area (TPSA) is 73.9 Å². The molecule has 2 aromatic heterocycles. The van der Waals surface area contributed by atoms with Gasteiger partial charge in [0.15, 0.2) is 5.13 Å². The number of aromatic amines is 1. The lowest BCUT2D eigenvalue weighted by molar-refractivity contribution is -0.137. The minimum Gasteiger partial charge on any atom is -0.338 e. The highest BCUT2D eigenvalue weighted by molar-refractivity contribution is 7.13. The van der Waals surface area contributed by atoms with Crippen LogP contribution in [-0.2, 0) is 12.7 Å². The van der Waals surface area contributed by atoms with Crippen LogP contribution in [0.25, 0.3) is 22.4 Å². The van der Waals surface area contributed by atoms with E-state index in [1.165, 1.54) is 17.4 Å². The van der Waals surface area contributed by atoms with Crippen molar-refractivity contribution in [3.8, 4) is 11.4 Å². The molecule has 5 rings (SSSR count). The van der Waals surface area contributed by atoms with Gasteiger partial charge in [-0.2, -0.15) is 13.2 Å². The van der Waals surface area contributed by atoms with E-state index in [1.54, 1.807) is 35.8 Å². The van der Waals surface area contributed by atoms with Gasteiger partial charge in [-0.15, -0.1) is 11.3 Å². The number of anilines is 1. The van der Waals surface area contributed by atoms with Crippen LogP contribution in [0.3, 0.4) is 0 Å². The highest BCUT2D eigenvalue weighted by atomic mass is 32.1. The molecular formula is C23H20F3N5OS. The van der Waals surface area contributed by atoms with Crippen LogP contribution in [0.15, 0.2) is 48.0 Å². The molecule has 0 atom stereocenters. The molecule has 0 saturated carbocycles. The summed E-state index contributed by atoms with van der Waals surface area (Å²) in [5.74, 6) is -0.345.